The van der Waals surface area contributed by atoms with E-state index in [0.29, 0.717) is 12.5 Å². The summed E-state index contributed by atoms with van der Waals surface area (Å²) >= 11 is 3.53. The van der Waals surface area contributed by atoms with Crippen molar-refractivity contribution in [3.8, 4) is 0 Å². The van der Waals surface area contributed by atoms with Crippen molar-refractivity contribution < 1.29 is 9.63 Å². The molecule has 0 aromatic carbocycles. The fourth-order valence-corrected chi connectivity index (χ4v) is 3.84. The number of hydroxylamine groups is 1. The SMILES string of the molecule is CC(C)CONC(=O)c1cc2c(s1)CCSC2. The molecule has 1 aromatic heterocycles. The molecule has 0 saturated heterocycles. The van der Waals surface area contributed by atoms with Gasteiger partial charge in [0.2, 0.25) is 0 Å². The van der Waals surface area contributed by atoms with E-state index in [1.807, 2.05) is 31.7 Å². The molecule has 1 aliphatic heterocycles. The van der Waals surface area contributed by atoms with Crippen molar-refractivity contribution in [2.45, 2.75) is 26.0 Å². The normalized spacial score (nSPS) is 14.8. The van der Waals surface area contributed by atoms with E-state index in [2.05, 4.69) is 5.48 Å². The minimum absolute atomic E-state index is 0.116. The highest BCUT2D eigenvalue weighted by atomic mass is 32.2. The number of rotatable bonds is 4. The van der Waals surface area contributed by atoms with Gasteiger partial charge in [0.25, 0.3) is 5.91 Å². The molecule has 1 aromatic rings. The first-order valence-electron chi connectivity index (χ1n) is 5.78. The third-order valence-corrected chi connectivity index (χ3v) is 4.68. The van der Waals surface area contributed by atoms with E-state index in [1.165, 1.54) is 16.2 Å². The molecule has 0 aliphatic carbocycles. The lowest BCUT2D eigenvalue weighted by molar-refractivity contribution is 0.0212. The van der Waals surface area contributed by atoms with Crippen LogP contribution in [0.3, 0.4) is 0 Å². The van der Waals surface area contributed by atoms with Gasteiger partial charge < -0.3 is 0 Å². The molecule has 0 atom stereocenters. The van der Waals surface area contributed by atoms with Gasteiger partial charge in [0.15, 0.2) is 0 Å². The minimum atomic E-state index is -0.116. The van der Waals surface area contributed by atoms with E-state index in [9.17, 15) is 4.79 Å². The summed E-state index contributed by atoms with van der Waals surface area (Å²) in [5.41, 5.74) is 3.82. The molecule has 0 unspecified atom stereocenters. The first-order valence-corrected chi connectivity index (χ1v) is 7.75. The lowest BCUT2D eigenvalue weighted by Gasteiger charge is -2.08. The zero-order valence-corrected chi connectivity index (χ0v) is 11.7. The summed E-state index contributed by atoms with van der Waals surface area (Å²) in [6.45, 7) is 4.65. The van der Waals surface area contributed by atoms with Crippen molar-refractivity contribution in [1.82, 2.24) is 5.48 Å². The molecular formula is C12H17NO2S2. The van der Waals surface area contributed by atoms with Gasteiger partial charge in [-0.1, -0.05) is 13.8 Å². The van der Waals surface area contributed by atoms with Gasteiger partial charge in [0, 0.05) is 10.6 Å². The van der Waals surface area contributed by atoms with Gasteiger partial charge in [-0.15, -0.1) is 11.3 Å². The van der Waals surface area contributed by atoms with Crippen LogP contribution in [0.25, 0.3) is 0 Å². The molecule has 1 N–H and O–H groups in total. The Morgan fingerprint density at radius 1 is 1.59 bits per heavy atom. The molecule has 94 valence electrons. The Labute approximate surface area is 110 Å². The standard InChI is InChI=1S/C12H17NO2S2/c1-8(2)6-15-13-12(14)11-5-9-7-16-4-3-10(9)17-11/h5,8H,3-4,6-7H2,1-2H3,(H,13,14). The lowest BCUT2D eigenvalue weighted by atomic mass is 10.2. The van der Waals surface area contributed by atoms with Crippen LogP contribution in [0.15, 0.2) is 6.07 Å². The Morgan fingerprint density at radius 2 is 2.41 bits per heavy atom. The third kappa shape index (κ3) is 3.47. The molecule has 17 heavy (non-hydrogen) atoms. The molecule has 0 saturated carbocycles. The van der Waals surface area contributed by atoms with Crippen LogP contribution >= 0.6 is 23.1 Å². The minimum Gasteiger partial charge on any atom is -0.273 e. The summed E-state index contributed by atoms with van der Waals surface area (Å²) in [4.78, 5) is 19.1. The average Bonchev–Trinajstić information content (AvgIpc) is 2.71. The lowest BCUT2D eigenvalue weighted by Crippen LogP contribution is -2.24. The van der Waals surface area contributed by atoms with Gasteiger partial charge in [0.1, 0.15) is 0 Å². The van der Waals surface area contributed by atoms with Gasteiger partial charge in [-0.05, 0) is 29.7 Å². The number of amides is 1. The Kier molecular flexibility index (Phi) is 4.48. The zero-order valence-electron chi connectivity index (χ0n) is 10.1. The largest absolute Gasteiger partial charge is 0.284 e. The van der Waals surface area contributed by atoms with Gasteiger partial charge in [0.05, 0.1) is 11.5 Å². The number of carbonyl (C=O) groups excluding carboxylic acids is 1. The second kappa shape index (κ2) is 5.89. The maximum absolute atomic E-state index is 11.8. The van der Waals surface area contributed by atoms with Crippen molar-refractivity contribution in [3.05, 3.63) is 21.4 Å². The highest BCUT2D eigenvalue weighted by Crippen LogP contribution is 2.31. The van der Waals surface area contributed by atoms with Crippen molar-refractivity contribution in [3.63, 3.8) is 0 Å². The number of nitrogens with one attached hydrogen (secondary N) is 1. The van der Waals surface area contributed by atoms with E-state index < -0.39 is 0 Å². The number of fused-ring (bicyclic) bond motifs is 1. The van der Waals surface area contributed by atoms with Gasteiger partial charge >= 0.3 is 0 Å². The smallest absolute Gasteiger partial charge is 0.273 e. The Morgan fingerprint density at radius 3 is 3.12 bits per heavy atom. The second-order valence-electron chi connectivity index (χ2n) is 4.50. The Bertz CT molecular complexity index is 378. The fraction of sp³-hybridized carbons (Fsp3) is 0.583. The quantitative estimate of drug-likeness (QED) is 0.856. The van der Waals surface area contributed by atoms with Crippen LogP contribution < -0.4 is 5.48 Å². The molecule has 2 rings (SSSR count). The predicted octanol–water partition coefficient (Wildman–Crippen LogP) is 2.85. The molecule has 1 amide bonds. The van der Waals surface area contributed by atoms with Crippen LogP contribution in [0.1, 0.15) is 34.0 Å². The number of hydrogen-bond donors (Lipinski definition) is 1. The van der Waals surface area contributed by atoms with E-state index >= 15 is 0 Å². The first-order chi connectivity index (χ1) is 8.16. The summed E-state index contributed by atoms with van der Waals surface area (Å²) in [5, 5.41) is 0. The van der Waals surface area contributed by atoms with Crippen molar-refractivity contribution in [2.24, 2.45) is 5.92 Å². The Balaban J connectivity index is 1.92. The third-order valence-electron chi connectivity index (χ3n) is 2.43. The molecule has 3 nitrogen and oxygen atoms in total. The second-order valence-corrected chi connectivity index (χ2v) is 6.74. The average molecular weight is 271 g/mol. The molecule has 1 aliphatic rings. The van der Waals surface area contributed by atoms with E-state index in [0.717, 1.165) is 17.1 Å². The number of carbonyl (C=O) groups is 1. The molecule has 5 heteroatoms. The molecule has 0 fully saturated rings. The monoisotopic (exact) mass is 271 g/mol. The summed E-state index contributed by atoms with van der Waals surface area (Å²) in [6.07, 6.45) is 1.09. The van der Waals surface area contributed by atoms with Crippen LogP contribution in [0.4, 0.5) is 0 Å². The topological polar surface area (TPSA) is 38.3 Å². The van der Waals surface area contributed by atoms with Crippen LogP contribution in [-0.4, -0.2) is 18.3 Å². The number of aryl methyl sites for hydroxylation is 1. The first kappa shape index (κ1) is 12.9. The van der Waals surface area contributed by atoms with Crippen LogP contribution in [0.5, 0.6) is 0 Å². The van der Waals surface area contributed by atoms with Crippen molar-refractivity contribution >= 4 is 29.0 Å². The van der Waals surface area contributed by atoms with E-state index in [-0.39, 0.29) is 5.91 Å². The number of hydrogen-bond acceptors (Lipinski definition) is 4. The predicted molar refractivity (Wildman–Crippen MR) is 72.4 cm³/mol. The molecule has 2 heterocycles. The van der Waals surface area contributed by atoms with Crippen LogP contribution in [-0.2, 0) is 17.0 Å². The number of thioether (sulfide) groups is 1. The maximum atomic E-state index is 11.8. The Hall–Kier alpha value is -0.520. The van der Waals surface area contributed by atoms with Crippen molar-refractivity contribution in [1.29, 1.82) is 0 Å². The molecular weight excluding hydrogens is 254 g/mol. The van der Waals surface area contributed by atoms with E-state index in [4.69, 9.17) is 4.84 Å². The van der Waals surface area contributed by atoms with Crippen LogP contribution in [0, 0.1) is 5.92 Å². The zero-order chi connectivity index (χ0) is 12.3. The van der Waals surface area contributed by atoms with E-state index in [1.54, 1.807) is 11.3 Å². The highest BCUT2D eigenvalue weighted by molar-refractivity contribution is 7.98. The van der Waals surface area contributed by atoms with Crippen LogP contribution in [0.2, 0.25) is 0 Å². The number of thiophene rings is 1. The molecule has 0 spiro atoms. The van der Waals surface area contributed by atoms with Gasteiger partial charge in [-0.2, -0.15) is 11.8 Å². The summed E-state index contributed by atoms with van der Waals surface area (Å²) in [5.74, 6) is 2.50. The summed E-state index contributed by atoms with van der Waals surface area (Å²) in [7, 11) is 0. The summed E-state index contributed by atoms with van der Waals surface area (Å²) < 4.78 is 0. The highest BCUT2D eigenvalue weighted by Gasteiger charge is 2.17. The van der Waals surface area contributed by atoms with Gasteiger partial charge in [-0.25, -0.2) is 5.48 Å². The van der Waals surface area contributed by atoms with Gasteiger partial charge in [-0.3, -0.25) is 9.63 Å². The van der Waals surface area contributed by atoms with Crippen molar-refractivity contribution in [2.75, 3.05) is 12.4 Å². The fourth-order valence-electron chi connectivity index (χ4n) is 1.58. The molecule has 0 radical (unpaired) electrons. The molecule has 0 bridgehead atoms. The summed E-state index contributed by atoms with van der Waals surface area (Å²) in [6, 6.07) is 2.00. The maximum Gasteiger partial charge on any atom is 0.284 e.